The Kier molecular flexibility index (Phi) is 6.37. The molecule has 0 spiro atoms. The van der Waals surface area contributed by atoms with Gasteiger partial charge < -0.3 is 21.3 Å². The fourth-order valence-corrected chi connectivity index (χ4v) is 5.50. The predicted molar refractivity (Wildman–Crippen MR) is 114 cm³/mol. The Bertz CT molecular complexity index is 548. The predicted octanol–water partition coefficient (Wildman–Crippen LogP) is 2.39. The van der Waals surface area contributed by atoms with Gasteiger partial charge in [-0.25, -0.2) is 0 Å². The molecule has 0 aromatic heterocycles. The van der Waals surface area contributed by atoms with Gasteiger partial charge in [0, 0.05) is 46.4 Å². The Hall–Kier alpha value is -1.40. The molecule has 2 rings (SSSR count). The molecule has 6 nitrogen and oxygen atoms in total. The van der Waals surface area contributed by atoms with E-state index in [0.29, 0.717) is 0 Å². The fraction of sp³-hybridized carbons (Fsp3) is 0.818. The van der Waals surface area contributed by atoms with Gasteiger partial charge in [-0.1, -0.05) is 0 Å². The van der Waals surface area contributed by atoms with Crippen molar-refractivity contribution in [2.45, 2.75) is 115 Å². The van der Waals surface area contributed by atoms with E-state index in [1.807, 2.05) is 0 Å². The molecule has 4 N–H and O–H groups in total. The monoisotopic (exact) mass is 392 g/mol. The van der Waals surface area contributed by atoms with Gasteiger partial charge >= 0.3 is 0 Å². The highest BCUT2D eigenvalue weighted by Gasteiger charge is 2.39. The molecule has 2 amide bonds. The van der Waals surface area contributed by atoms with Crippen LogP contribution in [0.25, 0.3) is 0 Å². The van der Waals surface area contributed by atoms with E-state index in [-0.39, 0.29) is 46.1 Å². The van der Waals surface area contributed by atoms with Gasteiger partial charge in [0.05, 0.1) is 0 Å². The van der Waals surface area contributed by atoms with Crippen LogP contribution < -0.4 is 21.3 Å². The van der Waals surface area contributed by atoms with E-state index in [1.54, 1.807) is 0 Å². The molecule has 0 atom stereocenters. The summed E-state index contributed by atoms with van der Waals surface area (Å²) in [7, 11) is 0. The largest absolute Gasteiger partial charge is 0.350 e. The molecule has 2 fully saturated rings. The second-order valence-electron chi connectivity index (χ2n) is 11.3. The van der Waals surface area contributed by atoms with Crippen molar-refractivity contribution in [3.63, 3.8) is 0 Å². The van der Waals surface area contributed by atoms with Gasteiger partial charge in [-0.2, -0.15) is 0 Å². The lowest BCUT2D eigenvalue weighted by Crippen LogP contribution is -2.62. The summed E-state index contributed by atoms with van der Waals surface area (Å²) in [6, 6.07) is 0.190. The van der Waals surface area contributed by atoms with Crippen molar-refractivity contribution in [3.05, 3.63) is 12.2 Å². The van der Waals surface area contributed by atoms with Crippen LogP contribution in [0.4, 0.5) is 0 Å². The van der Waals surface area contributed by atoms with Gasteiger partial charge in [0.15, 0.2) is 0 Å². The standard InChI is InChI=1S/C22H40N4O2/c1-19(2)11-15(12-20(3,4)25-19)23-17(27)9-10-18(28)24-16-13-21(5,6)26-22(7,8)14-16/h9-10,15-16,25-26H,11-14H2,1-8H3,(H,23,27)(H,24,28). The minimum absolute atomic E-state index is 0.0323. The summed E-state index contributed by atoms with van der Waals surface area (Å²) in [4.78, 5) is 24.7. The highest BCUT2D eigenvalue weighted by atomic mass is 16.2. The first-order valence-corrected chi connectivity index (χ1v) is 10.4. The second kappa shape index (κ2) is 7.79. The molecular weight excluding hydrogens is 352 g/mol. The van der Waals surface area contributed by atoms with Crippen LogP contribution in [0.1, 0.15) is 81.1 Å². The minimum atomic E-state index is -0.209. The van der Waals surface area contributed by atoms with Crippen LogP contribution in [0.15, 0.2) is 12.2 Å². The quantitative estimate of drug-likeness (QED) is 0.554. The van der Waals surface area contributed by atoms with Crippen LogP contribution in [0, 0.1) is 0 Å². The second-order valence-corrected chi connectivity index (χ2v) is 11.3. The van der Waals surface area contributed by atoms with Crippen molar-refractivity contribution in [2.75, 3.05) is 0 Å². The number of amides is 2. The summed E-state index contributed by atoms with van der Waals surface area (Å²) in [5.74, 6) is -0.417. The Morgan fingerprint density at radius 3 is 1.14 bits per heavy atom. The minimum Gasteiger partial charge on any atom is -0.350 e. The molecular formula is C22H40N4O2. The van der Waals surface area contributed by atoms with Gasteiger partial charge in [-0.3, -0.25) is 9.59 Å². The van der Waals surface area contributed by atoms with Crippen LogP contribution in [0.2, 0.25) is 0 Å². The van der Waals surface area contributed by atoms with Crippen LogP contribution in [-0.2, 0) is 9.59 Å². The third-order valence-electron chi connectivity index (χ3n) is 5.46. The normalized spacial score (nSPS) is 26.7. The number of piperidine rings is 2. The first-order chi connectivity index (χ1) is 12.6. The summed E-state index contributed by atoms with van der Waals surface area (Å²) in [6.07, 6.45) is 6.16. The molecule has 0 unspecified atom stereocenters. The maximum atomic E-state index is 12.3. The Morgan fingerprint density at radius 1 is 0.643 bits per heavy atom. The van der Waals surface area contributed by atoms with Crippen LogP contribution >= 0.6 is 0 Å². The van der Waals surface area contributed by atoms with E-state index in [1.165, 1.54) is 12.2 Å². The highest BCUT2D eigenvalue weighted by Crippen LogP contribution is 2.29. The number of carbonyl (C=O) groups is 2. The lowest BCUT2D eigenvalue weighted by molar-refractivity contribution is -0.120. The smallest absolute Gasteiger partial charge is 0.244 e. The maximum absolute atomic E-state index is 12.3. The van der Waals surface area contributed by atoms with E-state index in [9.17, 15) is 9.59 Å². The summed E-state index contributed by atoms with van der Waals surface area (Å²) < 4.78 is 0. The average molecular weight is 393 g/mol. The first-order valence-electron chi connectivity index (χ1n) is 10.4. The molecule has 0 aromatic rings. The van der Waals surface area contributed by atoms with Crippen molar-refractivity contribution >= 4 is 11.8 Å². The van der Waals surface area contributed by atoms with E-state index >= 15 is 0 Å². The van der Waals surface area contributed by atoms with Crippen molar-refractivity contribution in [1.82, 2.24) is 21.3 Å². The Morgan fingerprint density at radius 2 is 0.893 bits per heavy atom. The molecule has 2 aliphatic heterocycles. The fourth-order valence-electron chi connectivity index (χ4n) is 5.50. The molecule has 0 aliphatic carbocycles. The highest BCUT2D eigenvalue weighted by molar-refractivity contribution is 5.96. The molecule has 0 aromatic carbocycles. The van der Waals surface area contributed by atoms with E-state index < -0.39 is 0 Å². The van der Waals surface area contributed by atoms with Crippen LogP contribution in [0.3, 0.4) is 0 Å². The van der Waals surface area contributed by atoms with Gasteiger partial charge in [0.2, 0.25) is 11.8 Å². The topological polar surface area (TPSA) is 82.3 Å². The lowest BCUT2D eigenvalue weighted by Gasteiger charge is -2.46. The zero-order chi connectivity index (χ0) is 21.4. The van der Waals surface area contributed by atoms with Gasteiger partial charge in [-0.15, -0.1) is 0 Å². The third kappa shape index (κ3) is 7.21. The molecule has 2 heterocycles. The third-order valence-corrected chi connectivity index (χ3v) is 5.46. The van der Waals surface area contributed by atoms with Gasteiger partial charge in [-0.05, 0) is 81.1 Å². The Labute approximate surface area is 170 Å². The first kappa shape index (κ1) is 22.9. The SMILES string of the molecule is CC1(C)CC(NC(=O)C=CC(=O)NC2CC(C)(C)NC(C)(C)C2)CC(C)(C)N1. The summed E-state index contributed by atoms with van der Waals surface area (Å²) in [5.41, 5.74) is -0.129. The molecule has 0 saturated carbocycles. The molecule has 2 saturated heterocycles. The molecule has 160 valence electrons. The lowest BCUT2D eigenvalue weighted by atomic mass is 9.79. The average Bonchev–Trinajstić information content (AvgIpc) is 2.37. The Balaban J connectivity index is 1.87. The van der Waals surface area contributed by atoms with Crippen molar-refractivity contribution in [2.24, 2.45) is 0 Å². The summed E-state index contributed by atoms with van der Waals surface area (Å²) in [6.45, 7) is 17.2. The molecule has 6 heteroatoms. The number of hydrogen-bond acceptors (Lipinski definition) is 4. The van der Waals surface area contributed by atoms with E-state index in [0.717, 1.165) is 25.7 Å². The van der Waals surface area contributed by atoms with Crippen molar-refractivity contribution < 1.29 is 9.59 Å². The number of carbonyl (C=O) groups excluding carboxylic acids is 2. The van der Waals surface area contributed by atoms with Gasteiger partial charge in [0.1, 0.15) is 0 Å². The molecule has 28 heavy (non-hydrogen) atoms. The summed E-state index contributed by atoms with van der Waals surface area (Å²) in [5, 5.41) is 13.3. The maximum Gasteiger partial charge on any atom is 0.244 e. The zero-order valence-corrected chi connectivity index (χ0v) is 19.0. The molecule has 2 aliphatic rings. The number of rotatable bonds is 4. The molecule has 0 bridgehead atoms. The van der Waals surface area contributed by atoms with E-state index in [4.69, 9.17) is 0 Å². The van der Waals surface area contributed by atoms with E-state index in [2.05, 4.69) is 76.7 Å². The number of nitrogens with one attached hydrogen (secondary N) is 4. The molecule has 0 radical (unpaired) electrons. The van der Waals surface area contributed by atoms with Crippen LogP contribution in [0.5, 0.6) is 0 Å². The van der Waals surface area contributed by atoms with Crippen LogP contribution in [-0.4, -0.2) is 46.1 Å². The van der Waals surface area contributed by atoms with Gasteiger partial charge in [0.25, 0.3) is 0 Å². The van der Waals surface area contributed by atoms with Crippen molar-refractivity contribution in [3.8, 4) is 0 Å². The van der Waals surface area contributed by atoms with Crippen molar-refractivity contribution in [1.29, 1.82) is 0 Å². The number of hydrogen-bond donors (Lipinski definition) is 4. The zero-order valence-electron chi connectivity index (χ0n) is 19.0. The summed E-state index contributed by atoms with van der Waals surface area (Å²) >= 11 is 0.